The SMILES string of the molecule is CC(C)c1nnc(SCC(O)COc2ccccc2)n1Cc1ccco1. The summed E-state index contributed by atoms with van der Waals surface area (Å²) in [7, 11) is 0. The molecule has 1 unspecified atom stereocenters. The highest BCUT2D eigenvalue weighted by atomic mass is 32.2. The molecule has 0 aliphatic rings. The van der Waals surface area contributed by atoms with Gasteiger partial charge in [0.2, 0.25) is 0 Å². The van der Waals surface area contributed by atoms with Crippen molar-refractivity contribution in [2.24, 2.45) is 0 Å². The Bertz CT molecular complexity index is 788. The zero-order valence-electron chi connectivity index (χ0n) is 14.9. The Balaban J connectivity index is 1.60. The molecule has 0 saturated carbocycles. The van der Waals surface area contributed by atoms with Crippen LogP contribution in [-0.2, 0) is 6.54 Å². The molecule has 7 heteroatoms. The number of thioether (sulfide) groups is 1. The van der Waals surface area contributed by atoms with E-state index in [1.807, 2.05) is 47.0 Å². The van der Waals surface area contributed by atoms with E-state index in [0.29, 0.717) is 12.3 Å². The average molecular weight is 373 g/mol. The topological polar surface area (TPSA) is 73.3 Å². The van der Waals surface area contributed by atoms with Crippen LogP contribution in [0.25, 0.3) is 0 Å². The van der Waals surface area contributed by atoms with Gasteiger partial charge in [-0.2, -0.15) is 0 Å². The fourth-order valence-electron chi connectivity index (χ4n) is 2.47. The normalized spacial score (nSPS) is 12.5. The molecule has 0 radical (unpaired) electrons. The Morgan fingerprint density at radius 2 is 1.96 bits per heavy atom. The largest absolute Gasteiger partial charge is 0.491 e. The van der Waals surface area contributed by atoms with E-state index in [1.165, 1.54) is 11.8 Å². The van der Waals surface area contributed by atoms with Crippen molar-refractivity contribution in [3.05, 3.63) is 60.3 Å². The third-order valence-electron chi connectivity index (χ3n) is 3.75. The molecule has 138 valence electrons. The van der Waals surface area contributed by atoms with Crippen LogP contribution in [0.2, 0.25) is 0 Å². The second-order valence-electron chi connectivity index (χ2n) is 6.25. The van der Waals surface area contributed by atoms with Crippen molar-refractivity contribution in [3.8, 4) is 5.75 Å². The maximum atomic E-state index is 10.2. The molecule has 3 rings (SSSR count). The predicted molar refractivity (Wildman–Crippen MR) is 101 cm³/mol. The molecule has 0 bridgehead atoms. The van der Waals surface area contributed by atoms with Gasteiger partial charge in [0.15, 0.2) is 5.16 Å². The van der Waals surface area contributed by atoms with E-state index >= 15 is 0 Å². The van der Waals surface area contributed by atoms with Gasteiger partial charge in [-0.05, 0) is 24.3 Å². The second-order valence-corrected chi connectivity index (χ2v) is 7.24. The number of benzene rings is 1. The lowest BCUT2D eigenvalue weighted by Gasteiger charge is -2.13. The molecule has 0 spiro atoms. The van der Waals surface area contributed by atoms with Gasteiger partial charge in [-0.1, -0.05) is 43.8 Å². The van der Waals surface area contributed by atoms with E-state index in [1.54, 1.807) is 6.26 Å². The van der Waals surface area contributed by atoms with Crippen molar-refractivity contribution < 1.29 is 14.3 Å². The number of furan rings is 1. The minimum atomic E-state index is -0.600. The number of rotatable bonds is 9. The summed E-state index contributed by atoms with van der Waals surface area (Å²) in [6.07, 6.45) is 1.06. The first kappa shape index (κ1) is 18.5. The number of aliphatic hydroxyl groups excluding tert-OH is 1. The molecular weight excluding hydrogens is 350 g/mol. The minimum absolute atomic E-state index is 0.236. The fourth-order valence-corrected chi connectivity index (χ4v) is 3.32. The number of aromatic nitrogens is 3. The fraction of sp³-hybridized carbons (Fsp3) is 0.368. The summed E-state index contributed by atoms with van der Waals surface area (Å²) in [5.41, 5.74) is 0. The molecule has 0 fully saturated rings. The van der Waals surface area contributed by atoms with Crippen LogP contribution in [0.4, 0.5) is 0 Å². The molecular formula is C19H23N3O3S. The van der Waals surface area contributed by atoms with E-state index in [4.69, 9.17) is 9.15 Å². The van der Waals surface area contributed by atoms with Gasteiger partial charge in [0.1, 0.15) is 23.9 Å². The highest BCUT2D eigenvalue weighted by molar-refractivity contribution is 7.99. The van der Waals surface area contributed by atoms with Crippen LogP contribution in [0, 0.1) is 0 Å². The first-order valence-corrected chi connectivity index (χ1v) is 9.56. The quantitative estimate of drug-likeness (QED) is 0.578. The number of ether oxygens (including phenoxy) is 1. The van der Waals surface area contributed by atoms with Crippen LogP contribution in [-0.4, -0.2) is 38.3 Å². The summed E-state index contributed by atoms with van der Waals surface area (Å²) in [5.74, 6) is 3.22. The number of nitrogens with zero attached hydrogens (tertiary/aromatic N) is 3. The van der Waals surface area contributed by atoms with Gasteiger partial charge in [0, 0.05) is 11.7 Å². The van der Waals surface area contributed by atoms with Crippen molar-refractivity contribution in [2.75, 3.05) is 12.4 Å². The Labute approximate surface area is 157 Å². The molecule has 0 aliphatic heterocycles. The van der Waals surface area contributed by atoms with Crippen LogP contribution < -0.4 is 4.74 Å². The second kappa shape index (κ2) is 8.91. The van der Waals surface area contributed by atoms with Crippen molar-refractivity contribution in [2.45, 2.75) is 37.6 Å². The molecule has 3 aromatic rings. The first-order valence-electron chi connectivity index (χ1n) is 8.57. The van der Waals surface area contributed by atoms with E-state index in [2.05, 4.69) is 24.0 Å². The van der Waals surface area contributed by atoms with Gasteiger partial charge in [0.05, 0.1) is 18.9 Å². The Morgan fingerprint density at radius 3 is 2.65 bits per heavy atom. The maximum Gasteiger partial charge on any atom is 0.191 e. The van der Waals surface area contributed by atoms with Crippen molar-refractivity contribution in [1.29, 1.82) is 0 Å². The molecule has 1 atom stereocenters. The van der Waals surface area contributed by atoms with E-state index in [0.717, 1.165) is 22.5 Å². The number of aliphatic hydroxyl groups is 1. The average Bonchev–Trinajstić information content (AvgIpc) is 3.29. The summed E-state index contributed by atoms with van der Waals surface area (Å²) in [6, 6.07) is 13.3. The van der Waals surface area contributed by atoms with Crippen molar-refractivity contribution in [3.63, 3.8) is 0 Å². The molecule has 6 nitrogen and oxygen atoms in total. The zero-order chi connectivity index (χ0) is 18.4. The summed E-state index contributed by atoms with van der Waals surface area (Å²) >= 11 is 1.47. The molecule has 0 aliphatic carbocycles. The van der Waals surface area contributed by atoms with Gasteiger partial charge in [-0.3, -0.25) is 4.57 Å². The van der Waals surface area contributed by atoms with Crippen LogP contribution in [0.3, 0.4) is 0 Å². The van der Waals surface area contributed by atoms with Crippen LogP contribution in [0.5, 0.6) is 5.75 Å². The third-order valence-corrected chi connectivity index (χ3v) is 4.86. The van der Waals surface area contributed by atoms with E-state index < -0.39 is 6.10 Å². The lowest BCUT2D eigenvalue weighted by atomic mass is 10.2. The summed E-state index contributed by atoms with van der Waals surface area (Å²) < 4.78 is 13.1. The third kappa shape index (κ3) is 4.89. The zero-order valence-corrected chi connectivity index (χ0v) is 15.7. The summed E-state index contributed by atoms with van der Waals surface area (Å²) in [5, 5.41) is 19.6. The standard InChI is InChI=1S/C19H23N3O3S/c1-14(2)18-20-21-19(22(18)11-17-9-6-10-24-17)26-13-15(23)12-25-16-7-4-3-5-8-16/h3-10,14-15,23H,11-13H2,1-2H3. The Hall–Kier alpha value is -2.25. The Kier molecular flexibility index (Phi) is 6.35. The van der Waals surface area contributed by atoms with Gasteiger partial charge >= 0.3 is 0 Å². The predicted octanol–water partition coefficient (Wildman–Crippen LogP) is 3.57. The van der Waals surface area contributed by atoms with Crippen LogP contribution in [0.1, 0.15) is 31.4 Å². The van der Waals surface area contributed by atoms with Gasteiger partial charge in [-0.25, -0.2) is 0 Å². The van der Waals surface area contributed by atoms with E-state index in [9.17, 15) is 5.11 Å². The smallest absolute Gasteiger partial charge is 0.191 e. The molecule has 1 aromatic carbocycles. The molecule has 0 amide bonds. The van der Waals surface area contributed by atoms with Gasteiger partial charge in [-0.15, -0.1) is 10.2 Å². The maximum absolute atomic E-state index is 10.2. The summed E-state index contributed by atoms with van der Waals surface area (Å²) in [6.45, 7) is 4.98. The van der Waals surface area contributed by atoms with E-state index in [-0.39, 0.29) is 12.5 Å². The lowest BCUT2D eigenvalue weighted by Crippen LogP contribution is -2.20. The summed E-state index contributed by atoms with van der Waals surface area (Å²) in [4.78, 5) is 0. The molecule has 26 heavy (non-hydrogen) atoms. The van der Waals surface area contributed by atoms with Crippen LogP contribution >= 0.6 is 11.8 Å². The highest BCUT2D eigenvalue weighted by Crippen LogP contribution is 2.23. The lowest BCUT2D eigenvalue weighted by molar-refractivity contribution is 0.126. The number of hydrogen-bond donors (Lipinski definition) is 1. The Morgan fingerprint density at radius 1 is 1.15 bits per heavy atom. The first-order chi connectivity index (χ1) is 12.6. The van der Waals surface area contributed by atoms with Crippen molar-refractivity contribution >= 4 is 11.8 Å². The molecule has 0 saturated heterocycles. The highest BCUT2D eigenvalue weighted by Gasteiger charge is 2.18. The van der Waals surface area contributed by atoms with Crippen LogP contribution in [0.15, 0.2) is 58.3 Å². The number of para-hydroxylation sites is 1. The minimum Gasteiger partial charge on any atom is -0.491 e. The number of hydrogen-bond acceptors (Lipinski definition) is 6. The molecule has 2 heterocycles. The monoisotopic (exact) mass is 373 g/mol. The van der Waals surface area contributed by atoms with Crippen molar-refractivity contribution in [1.82, 2.24) is 14.8 Å². The molecule has 1 N–H and O–H groups in total. The van der Waals surface area contributed by atoms with Gasteiger partial charge in [0.25, 0.3) is 0 Å². The van der Waals surface area contributed by atoms with Gasteiger partial charge < -0.3 is 14.3 Å². The molecule has 2 aromatic heterocycles.